The molecule has 0 aliphatic heterocycles. The fourth-order valence-electron chi connectivity index (χ4n) is 3.56. The molecule has 0 aliphatic rings. The molecule has 3 aromatic rings. The molecule has 0 spiro atoms. The van der Waals surface area contributed by atoms with Crippen LogP contribution in [0.4, 0.5) is 22.4 Å². The van der Waals surface area contributed by atoms with E-state index in [0.29, 0.717) is 6.54 Å². The van der Waals surface area contributed by atoms with E-state index in [1.165, 1.54) is 17.0 Å². The molecule has 0 aromatic heterocycles. The van der Waals surface area contributed by atoms with Crippen molar-refractivity contribution in [3.05, 3.63) is 94.8 Å². The van der Waals surface area contributed by atoms with Crippen molar-refractivity contribution in [3.63, 3.8) is 0 Å². The van der Waals surface area contributed by atoms with Crippen LogP contribution in [0.2, 0.25) is 0 Å². The lowest BCUT2D eigenvalue weighted by Crippen LogP contribution is -2.30. The van der Waals surface area contributed by atoms with Crippen LogP contribution in [-0.4, -0.2) is 28.6 Å². The van der Waals surface area contributed by atoms with Gasteiger partial charge in [-0.15, -0.1) is 0 Å². The molecule has 0 bridgehead atoms. The molecule has 0 heterocycles. The van der Waals surface area contributed by atoms with E-state index in [0.717, 1.165) is 29.8 Å². The van der Waals surface area contributed by atoms with Gasteiger partial charge in [-0.2, -0.15) is 13.2 Å². The number of carboxylic acids is 1. The Morgan fingerprint density at radius 1 is 0.943 bits per heavy atom. The highest BCUT2D eigenvalue weighted by Crippen LogP contribution is 2.35. The molecular formula is C26H23F4NO4. The second-order valence-corrected chi connectivity index (χ2v) is 7.81. The molecule has 1 N–H and O–H groups in total. The van der Waals surface area contributed by atoms with E-state index in [1.807, 2.05) is 30.3 Å². The molecule has 0 fully saturated rings. The Bertz CT molecular complexity index is 1200. The van der Waals surface area contributed by atoms with Crippen LogP contribution in [0.25, 0.3) is 11.1 Å². The largest absolute Gasteiger partial charge is 0.481 e. The topological polar surface area (TPSA) is 66.8 Å². The third-order valence-corrected chi connectivity index (χ3v) is 5.32. The molecular weight excluding hydrogens is 466 g/mol. The zero-order valence-electron chi connectivity index (χ0n) is 18.8. The van der Waals surface area contributed by atoms with Crippen molar-refractivity contribution in [2.45, 2.75) is 32.7 Å². The Morgan fingerprint density at radius 2 is 1.66 bits per heavy atom. The fourth-order valence-corrected chi connectivity index (χ4v) is 3.56. The van der Waals surface area contributed by atoms with Crippen molar-refractivity contribution < 1.29 is 37.0 Å². The van der Waals surface area contributed by atoms with Crippen molar-refractivity contribution in [2.75, 3.05) is 6.54 Å². The molecule has 3 aromatic carbocycles. The molecule has 0 unspecified atom stereocenters. The molecule has 35 heavy (non-hydrogen) atoms. The zero-order chi connectivity index (χ0) is 25.6. The maximum absolute atomic E-state index is 14.6. The first kappa shape index (κ1) is 25.7. The summed E-state index contributed by atoms with van der Waals surface area (Å²) in [6.45, 7) is 1.75. The van der Waals surface area contributed by atoms with Gasteiger partial charge in [0.15, 0.2) is 0 Å². The average Bonchev–Trinajstić information content (AvgIpc) is 2.82. The number of hydrogen-bond donors (Lipinski definition) is 1. The molecule has 5 nitrogen and oxygen atoms in total. The second kappa shape index (κ2) is 11.0. The van der Waals surface area contributed by atoms with E-state index in [1.54, 1.807) is 6.92 Å². The maximum Gasteiger partial charge on any atom is 0.416 e. The zero-order valence-corrected chi connectivity index (χ0v) is 18.8. The van der Waals surface area contributed by atoms with Gasteiger partial charge in [-0.05, 0) is 53.4 Å². The highest BCUT2D eigenvalue weighted by Gasteiger charge is 2.31. The molecule has 3 rings (SSSR count). The molecule has 0 saturated heterocycles. The molecule has 0 saturated carbocycles. The molecule has 184 valence electrons. The van der Waals surface area contributed by atoms with Gasteiger partial charge in [-0.1, -0.05) is 42.5 Å². The van der Waals surface area contributed by atoms with Crippen LogP contribution in [0.3, 0.4) is 0 Å². The maximum atomic E-state index is 14.6. The van der Waals surface area contributed by atoms with E-state index < -0.39 is 36.2 Å². The Labute approximate surface area is 199 Å². The van der Waals surface area contributed by atoms with Crippen LogP contribution >= 0.6 is 0 Å². The molecule has 0 aliphatic carbocycles. The summed E-state index contributed by atoms with van der Waals surface area (Å²) in [5.74, 6) is -1.88. The van der Waals surface area contributed by atoms with Gasteiger partial charge in [0.05, 0.1) is 12.0 Å². The Kier molecular flexibility index (Phi) is 8.11. The number of hydrogen-bond acceptors (Lipinski definition) is 3. The Balaban J connectivity index is 1.91. The number of aliphatic carboxylic acids is 1. The van der Waals surface area contributed by atoms with Crippen LogP contribution in [0.1, 0.15) is 29.2 Å². The first-order valence-electron chi connectivity index (χ1n) is 10.7. The highest BCUT2D eigenvalue weighted by atomic mass is 19.4. The third-order valence-electron chi connectivity index (χ3n) is 5.32. The van der Waals surface area contributed by atoms with Gasteiger partial charge in [0, 0.05) is 18.7 Å². The molecule has 1 amide bonds. The van der Waals surface area contributed by atoms with Crippen molar-refractivity contribution >= 4 is 12.1 Å². The van der Waals surface area contributed by atoms with E-state index in [2.05, 4.69) is 0 Å². The first-order valence-corrected chi connectivity index (χ1v) is 10.7. The summed E-state index contributed by atoms with van der Waals surface area (Å²) < 4.78 is 60.0. The fraction of sp³-hybridized carbons (Fsp3) is 0.231. The lowest BCUT2D eigenvalue weighted by molar-refractivity contribution is -0.138. The van der Waals surface area contributed by atoms with Crippen LogP contribution in [-0.2, 0) is 35.3 Å². The summed E-state index contributed by atoms with van der Waals surface area (Å²) >= 11 is 0. The number of carbonyl (C=O) groups is 2. The highest BCUT2D eigenvalue weighted by molar-refractivity contribution is 5.74. The monoisotopic (exact) mass is 489 g/mol. The van der Waals surface area contributed by atoms with Crippen molar-refractivity contribution in [2.24, 2.45) is 0 Å². The number of halogens is 4. The SMILES string of the molecule is CCN(Cc1ccccc1)C(=O)OCc1cc(C(F)(F)F)ccc1-c1cc(CC(=O)O)ccc1F. The number of amides is 1. The quantitative estimate of drug-likeness (QED) is 0.377. The van der Waals surface area contributed by atoms with E-state index in [4.69, 9.17) is 9.84 Å². The summed E-state index contributed by atoms with van der Waals surface area (Å²) in [6.07, 6.45) is -5.78. The molecule has 9 heteroatoms. The number of carbonyl (C=O) groups excluding carboxylic acids is 1. The summed E-state index contributed by atoms with van der Waals surface area (Å²) in [5.41, 5.74) is 0.0725. The minimum absolute atomic E-state index is 0.0599. The van der Waals surface area contributed by atoms with Crippen molar-refractivity contribution in [1.29, 1.82) is 0 Å². The van der Waals surface area contributed by atoms with Crippen LogP contribution in [0, 0.1) is 5.82 Å². The predicted molar refractivity (Wildman–Crippen MR) is 121 cm³/mol. The van der Waals surface area contributed by atoms with Gasteiger partial charge in [0.25, 0.3) is 0 Å². The van der Waals surface area contributed by atoms with Gasteiger partial charge in [0.1, 0.15) is 12.4 Å². The van der Waals surface area contributed by atoms with Gasteiger partial charge in [-0.25, -0.2) is 9.18 Å². The lowest BCUT2D eigenvalue weighted by Gasteiger charge is -2.21. The summed E-state index contributed by atoms with van der Waals surface area (Å²) in [7, 11) is 0. The lowest BCUT2D eigenvalue weighted by atomic mass is 9.95. The van der Waals surface area contributed by atoms with E-state index >= 15 is 0 Å². The minimum Gasteiger partial charge on any atom is -0.481 e. The third kappa shape index (κ3) is 6.81. The van der Waals surface area contributed by atoms with Crippen LogP contribution < -0.4 is 0 Å². The predicted octanol–water partition coefficient (Wildman–Crippen LogP) is 6.30. The minimum atomic E-state index is -4.66. The summed E-state index contributed by atoms with van der Waals surface area (Å²) in [6, 6.07) is 15.4. The average molecular weight is 489 g/mol. The molecule has 0 atom stereocenters. The van der Waals surface area contributed by atoms with Crippen LogP contribution in [0.15, 0.2) is 66.7 Å². The number of alkyl halides is 3. The summed E-state index contributed by atoms with van der Waals surface area (Å²) in [4.78, 5) is 25.1. The van der Waals surface area contributed by atoms with Gasteiger partial charge >= 0.3 is 18.2 Å². The summed E-state index contributed by atoms with van der Waals surface area (Å²) in [5, 5.41) is 9.02. The smallest absolute Gasteiger partial charge is 0.416 e. The Hall–Kier alpha value is -3.88. The number of rotatable bonds is 8. The van der Waals surface area contributed by atoms with Crippen molar-refractivity contribution in [3.8, 4) is 11.1 Å². The first-order chi connectivity index (χ1) is 16.6. The normalized spacial score (nSPS) is 11.2. The number of ether oxygens (including phenoxy) is 1. The van der Waals surface area contributed by atoms with Gasteiger partial charge in [-0.3, -0.25) is 4.79 Å². The second-order valence-electron chi connectivity index (χ2n) is 7.81. The standard InChI is InChI=1S/C26H23F4NO4/c1-2-31(15-17-6-4-3-5-7-17)25(34)35-16-19-14-20(26(28,29)30)9-10-21(19)22-12-18(13-24(32)33)8-11-23(22)27/h3-12,14H,2,13,15-16H2,1H3,(H,32,33). The number of benzene rings is 3. The van der Waals surface area contributed by atoms with Gasteiger partial charge in [0.2, 0.25) is 0 Å². The number of carboxylic acid groups (broad SMARTS) is 1. The number of nitrogens with zero attached hydrogens (tertiary/aromatic N) is 1. The van der Waals surface area contributed by atoms with Crippen molar-refractivity contribution in [1.82, 2.24) is 4.90 Å². The Morgan fingerprint density at radius 3 is 2.29 bits per heavy atom. The van der Waals surface area contributed by atoms with Gasteiger partial charge < -0.3 is 14.7 Å². The van der Waals surface area contributed by atoms with E-state index in [9.17, 15) is 27.2 Å². The molecule has 0 radical (unpaired) electrons. The van der Waals surface area contributed by atoms with E-state index in [-0.39, 0.29) is 35.2 Å². The van der Waals surface area contributed by atoms with Crippen LogP contribution in [0.5, 0.6) is 0 Å².